The van der Waals surface area contributed by atoms with Gasteiger partial charge in [0, 0.05) is 5.39 Å². The van der Waals surface area contributed by atoms with Crippen LogP contribution in [0.3, 0.4) is 0 Å². The fraction of sp³-hybridized carbons (Fsp3) is 0.105. The number of hydrogen-bond acceptors (Lipinski definition) is 4. The minimum Gasteiger partial charge on any atom is -0.508 e. The molecule has 5 heteroatoms. The molecule has 0 aliphatic carbocycles. The zero-order valence-electron chi connectivity index (χ0n) is 12.9. The number of rotatable bonds is 2. The number of hydrogen-bond donors (Lipinski definition) is 2. The van der Waals surface area contributed by atoms with E-state index in [9.17, 15) is 15.0 Å². The van der Waals surface area contributed by atoms with Crippen molar-refractivity contribution in [3.63, 3.8) is 0 Å². The number of benzene rings is 3. The Hall–Kier alpha value is -3.05. The molecule has 0 spiro atoms. The average Bonchev–Trinajstić information content (AvgIpc) is 2.85. The number of carbonyl (C=O) groups is 1. The Kier molecular flexibility index (Phi) is 3.18. The third-order valence-electron chi connectivity index (χ3n) is 4.34. The van der Waals surface area contributed by atoms with Gasteiger partial charge in [-0.25, -0.2) is 0 Å². The predicted molar refractivity (Wildman–Crippen MR) is 90.4 cm³/mol. The zero-order chi connectivity index (χ0) is 16.8. The summed E-state index contributed by atoms with van der Waals surface area (Å²) in [7, 11) is 1.51. The standard InChI is InChI=1S/C19H15NO4/c1-24-16-7-3-5-13-17(16)19(23)20(18(13)22)15-6-2-4-11-8-9-12(21)10-14(11)15/h2-10,19,21,23H,1H3. The van der Waals surface area contributed by atoms with Crippen LogP contribution in [0.25, 0.3) is 10.8 Å². The fourth-order valence-electron chi connectivity index (χ4n) is 3.24. The molecule has 1 atom stereocenters. The second kappa shape index (κ2) is 5.25. The van der Waals surface area contributed by atoms with Crippen molar-refractivity contribution in [3.05, 3.63) is 65.7 Å². The summed E-state index contributed by atoms with van der Waals surface area (Å²) in [5, 5.41) is 22.1. The predicted octanol–water partition coefficient (Wildman–Crippen LogP) is 3.21. The summed E-state index contributed by atoms with van der Waals surface area (Å²) in [5.74, 6) is 0.275. The number of methoxy groups -OCH3 is 1. The van der Waals surface area contributed by atoms with Gasteiger partial charge in [0.05, 0.1) is 23.9 Å². The first-order valence-corrected chi connectivity index (χ1v) is 7.52. The molecule has 0 radical (unpaired) electrons. The van der Waals surface area contributed by atoms with Crippen molar-refractivity contribution < 1.29 is 19.7 Å². The third-order valence-corrected chi connectivity index (χ3v) is 4.34. The fourth-order valence-corrected chi connectivity index (χ4v) is 3.24. The highest BCUT2D eigenvalue weighted by Gasteiger charge is 2.39. The van der Waals surface area contributed by atoms with Gasteiger partial charge in [0.2, 0.25) is 0 Å². The Labute approximate surface area is 138 Å². The molecule has 0 aromatic heterocycles. The topological polar surface area (TPSA) is 70.0 Å². The minimum absolute atomic E-state index is 0.103. The lowest BCUT2D eigenvalue weighted by atomic mass is 10.1. The summed E-state index contributed by atoms with van der Waals surface area (Å²) >= 11 is 0. The van der Waals surface area contributed by atoms with E-state index >= 15 is 0 Å². The van der Waals surface area contributed by atoms with E-state index in [0.717, 1.165) is 5.39 Å². The van der Waals surface area contributed by atoms with Crippen molar-refractivity contribution in [2.24, 2.45) is 0 Å². The van der Waals surface area contributed by atoms with E-state index in [-0.39, 0.29) is 11.7 Å². The monoisotopic (exact) mass is 321 g/mol. The van der Waals surface area contributed by atoms with Gasteiger partial charge in [0.1, 0.15) is 11.5 Å². The molecular formula is C19H15NO4. The van der Waals surface area contributed by atoms with E-state index in [4.69, 9.17) is 4.74 Å². The number of ether oxygens (including phenoxy) is 1. The van der Waals surface area contributed by atoms with Crippen LogP contribution in [0.1, 0.15) is 22.1 Å². The van der Waals surface area contributed by atoms with E-state index in [2.05, 4.69) is 0 Å². The van der Waals surface area contributed by atoms with Gasteiger partial charge in [-0.15, -0.1) is 0 Å². The Morgan fingerprint density at radius 1 is 1.08 bits per heavy atom. The Bertz CT molecular complexity index is 967. The molecule has 1 amide bonds. The lowest BCUT2D eigenvalue weighted by molar-refractivity contribution is 0.0935. The minimum atomic E-state index is -1.14. The maximum Gasteiger partial charge on any atom is 0.261 e. The number of anilines is 1. The van der Waals surface area contributed by atoms with Crippen LogP contribution in [0.15, 0.2) is 54.6 Å². The van der Waals surface area contributed by atoms with E-state index in [0.29, 0.717) is 28.0 Å². The highest BCUT2D eigenvalue weighted by Crippen LogP contribution is 2.43. The molecule has 120 valence electrons. The molecule has 1 heterocycles. The molecule has 3 aromatic rings. The summed E-state index contributed by atoms with van der Waals surface area (Å²) < 4.78 is 5.29. The molecule has 4 rings (SSSR count). The molecule has 1 aliphatic heterocycles. The highest BCUT2D eigenvalue weighted by atomic mass is 16.5. The highest BCUT2D eigenvalue weighted by molar-refractivity contribution is 6.15. The van der Waals surface area contributed by atoms with Gasteiger partial charge in [0.25, 0.3) is 5.91 Å². The maximum absolute atomic E-state index is 12.9. The first kappa shape index (κ1) is 14.5. The van der Waals surface area contributed by atoms with Gasteiger partial charge in [0.15, 0.2) is 6.23 Å². The van der Waals surface area contributed by atoms with E-state index < -0.39 is 6.23 Å². The Morgan fingerprint density at radius 3 is 2.67 bits per heavy atom. The number of fused-ring (bicyclic) bond motifs is 2. The first-order chi connectivity index (χ1) is 11.6. The molecule has 2 N–H and O–H groups in total. The number of phenols is 1. The van der Waals surface area contributed by atoms with Crippen molar-refractivity contribution in [3.8, 4) is 11.5 Å². The van der Waals surface area contributed by atoms with Crippen LogP contribution in [0.2, 0.25) is 0 Å². The van der Waals surface area contributed by atoms with Crippen LogP contribution in [0, 0.1) is 0 Å². The second-order valence-corrected chi connectivity index (χ2v) is 5.65. The smallest absolute Gasteiger partial charge is 0.261 e. The maximum atomic E-state index is 12.9. The molecule has 1 aliphatic rings. The number of aliphatic hydroxyl groups is 1. The van der Waals surface area contributed by atoms with Gasteiger partial charge in [-0.2, -0.15) is 0 Å². The molecule has 5 nitrogen and oxygen atoms in total. The summed E-state index contributed by atoms with van der Waals surface area (Å²) in [5.41, 5.74) is 1.42. The van der Waals surface area contributed by atoms with Crippen molar-refractivity contribution in [1.82, 2.24) is 0 Å². The molecule has 0 saturated carbocycles. The van der Waals surface area contributed by atoms with Crippen molar-refractivity contribution in [2.75, 3.05) is 12.0 Å². The summed E-state index contributed by atoms with van der Waals surface area (Å²) in [6.07, 6.45) is -1.14. The van der Waals surface area contributed by atoms with Crippen LogP contribution in [0.4, 0.5) is 5.69 Å². The van der Waals surface area contributed by atoms with E-state index in [1.165, 1.54) is 12.0 Å². The molecule has 24 heavy (non-hydrogen) atoms. The van der Waals surface area contributed by atoms with E-state index in [1.807, 2.05) is 12.1 Å². The van der Waals surface area contributed by atoms with Crippen LogP contribution in [-0.4, -0.2) is 23.2 Å². The number of nitrogens with zero attached hydrogens (tertiary/aromatic N) is 1. The number of aliphatic hydroxyl groups excluding tert-OH is 1. The van der Waals surface area contributed by atoms with Gasteiger partial charge in [-0.05, 0) is 35.7 Å². The van der Waals surface area contributed by atoms with Crippen LogP contribution in [-0.2, 0) is 0 Å². The van der Waals surface area contributed by atoms with Crippen molar-refractivity contribution in [2.45, 2.75) is 6.23 Å². The molecule has 1 unspecified atom stereocenters. The van der Waals surface area contributed by atoms with Gasteiger partial charge in [-0.3, -0.25) is 9.69 Å². The van der Waals surface area contributed by atoms with Crippen LogP contribution in [0.5, 0.6) is 11.5 Å². The Morgan fingerprint density at radius 2 is 1.88 bits per heavy atom. The largest absolute Gasteiger partial charge is 0.508 e. The molecule has 0 bridgehead atoms. The molecule has 0 saturated heterocycles. The second-order valence-electron chi connectivity index (χ2n) is 5.65. The summed E-state index contributed by atoms with van der Waals surface area (Å²) in [4.78, 5) is 14.2. The van der Waals surface area contributed by atoms with Gasteiger partial charge >= 0.3 is 0 Å². The number of carbonyl (C=O) groups excluding carboxylic acids is 1. The third kappa shape index (κ3) is 1.95. The van der Waals surface area contributed by atoms with Gasteiger partial charge < -0.3 is 14.9 Å². The lowest BCUT2D eigenvalue weighted by Crippen LogP contribution is -2.27. The van der Waals surface area contributed by atoms with Crippen LogP contribution < -0.4 is 9.64 Å². The summed E-state index contributed by atoms with van der Waals surface area (Å²) in [6.45, 7) is 0. The van der Waals surface area contributed by atoms with Crippen molar-refractivity contribution in [1.29, 1.82) is 0 Å². The normalized spacial score (nSPS) is 16.5. The number of aromatic hydroxyl groups is 1. The Balaban J connectivity index is 1.93. The zero-order valence-corrected chi connectivity index (χ0v) is 12.9. The average molecular weight is 321 g/mol. The first-order valence-electron chi connectivity index (χ1n) is 7.52. The molecule has 0 fully saturated rings. The number of phenolic OH excluding ortho intramolecular Hbond substituents is 1. The number of amides is 1. The summed E-state index contributed by atoms with van der Waals surface area (Å²) in [6, 6.07) is 15.5. The van der Waals surface area contributed by atoms with Crippen molar-refractivity contribution >= 4 is 22.4 Å². The molecule has 3 aromatic carbocycles. The quantitative estimate of drug-likeness (QED) is 0.760. The SMILES string of the molecule is COc1cccc2c1C(O)N(c1cccc3ccc(O)cc13)C2=O. The van der Waals surface area contributed by atoms with Gasteiger partial charge in [-0.1, -0.05) is 24.3 Å². The van der Waals surface area contributed by atoms with E-state index in [1.54, 1.807) is 42.5 Å². The van der Waals surface area contributed by atoms with Crippen LogP contribution >= 0.6 is 0 Å². The molecular weight excluding hydrogens is 306 g/mol. The lowest BCUT2D eigenvalue weighted by Gasteiger charge is -2.23.